The van der Waals surface area contributed by atoms with Crippen LogP contribution >= 0.6 is 0 Å². The second kappa shape index (κ2) is 15.6. The van der Waals surface area contributed by atoms with Gasteiger partial charge in [0.2, 0.25) is 0 Å². The molecule has 0 spiro atoms. The van der Waals surface area contributed by atoms with Crippen molar-refractivity contribution in [3.8, 4) is 11.3 Å². The standard InChI is InChI=1S/C39H50N8O7/c1-38(2,3)53-36(48)44(21-25-10-9-11-25)23-29-17-27-14-13-26(16-34(27)46(29)37(49)54-39(4,5)6)22-45-24-33(42-43-45)30-18-28(47(50)51)19-32(31(30)20-40)41-35-12-7-8-15-52-35/h13-14,16-20,24-25,35,40-41H,7-12,15,21-23H2,1-6H3. The van der Waals surface area contributed by atoms with E-state index in [9.17, 15) is 19.7 Å². The Morgan fingerprint density at radius 3 is 2.44 bits per heavy atom. The molecule has 1 amide bonds. The number of carbonyl (C=O) groups is 2. The number of rotatable bonds is 11. The van der Waals surface area contributed by atoms with Crippen LogP contribution in [0.3, 0.4) is 0 Å². The number of benzene rings is 2. The molecule has 1 unspecified atom stereocenters. The molecular formula is C39H50N8O7. The van der Waals surface area contributed by atoms with E-state index in [1.807, 2.05) is 65.8 Å². The van der Waals surface area contributed by atoms with Crippen LogP contribution in [0, 0.1) is 21.4 Å². The molecule has 1 saturated carbocycles. The zero-order valence-electron chi connectivity index (χ0n) is 31.9. The molecule has 15 nitrogen and oxygen atoms in total. The Balaban J connectivity index is 1.32. The first-order valence-corrected chi connectivity index (χ1v) is 18.5. The minimum atomic E-state index is -0.767. The highest BCUT2D eigenvalue weighted by Crippen LogP contribution is 2.34. The van der Waals surface area contributed by atoms with E-state index in [0.717, 1.165) is 55.7 Å². The highest BCUT2D eigenvalue weighted by atomic mass is 16.6. The van der Waals surface area contributed by atoms with Gasteiger partial charge in [0.15, 0.2) is 0 Å². The van der Waals surface area contributed by atoms with Crippen LogP contribution in [0.2, 0.25) is 0 Å². The third kappa shape index (κ3) is 9.24. The van der Waals surface area contributed by atoms with Gasteiger partial charge in [0.1, 0.15) is 23.1 Å². The van der Waals surface area contributed by atoms with Crippen molar-refractivity contribution in [3.05, 3.63) is 69.5 Å². The van der Waals surface area contributed by atoms with Crippen molar-refractivity contribution in [2.24, 2.45) is 5.92 Å². The largest absolute Gasteiger partial charge is 0.444 e. The highest BCUT2D eigenvalue weighted by molar-refractivity contribution is 5.96. The molecule has 6 rings (SSSR count). The average Bonchev–Trinajstić information content (AvgIpc) is 3.68. The number of fused-ring (bicyclic) bond motifs is 1. The molecule has 0 radical (unpaired) electrons. The summed E-state index contributed by atoms with van der Waals surface area (Å²) in [4.78, 5) is 40.4. The summed E-state index contributed by atoms with van der Waals surface area (Å²) < 4.78 is 20.6. The number of nitro groups is 1. The number of hydrogen-bond donors (Lipinski definition) is 2. The first kappa shape index (κ1) is 38.4. The fourth-order valence-corrected chi connectivity index (χ4v) is 6.70. The van der Waals surface area contributed by atoms with Gasteiger partial charge in [-0.05, 0) is 97.3 Å². The topological polar surface area (TPSA) is 180 Å². The lowest BCUT2D eigenvalue weighted by molar-refractivity contribution is -0.384. The average molecular weight is 743 g/mol. The SMILES string of the molecule is CC(C)(C)OC(=O)N(Cc1cc2ccc(Cn3cc(-c4cc([N+](=O)[O-])cc(NC5CCCCO5)c4C=N)nn3)cc2n1C(=O)OC(C)(C)C)CC1CCC1. The van der Waals surface area contributed by atoms with Crippen molar-refractivity contribution < 1.29 is 28.7 Å². The predicted octanol–water partition coefficient (Wildman–Crippen LogP) is 8.11. The van der Waals surface area contributed by atoms with Crippen molar-refractivity contribution in [3.63, 3.8) is 0 Å². The summed E-state index contributed by atoms with van der Waals surface area (Å²) in [5.74, 6) is 0.377. The highest BCUT2D eigenvalue weighted by Gasteiger charge is 2.30. The van der Waals surface area contributed by atoms with Crippen LogP contribution in [0.25, 0.3) is 22.2 Å². The molecular weight excluding hydrogens is 692 g/mol. The maximum absolute atomic E-state index is 13.8. The fraction of sp³-hybridized carbons (Fsp3) is 0.513. The molecule has 2 fully saturated rings. The molecule has 1 aliphatic heterocycles. The van der Waals surface area contributed by atoms with Gasteiger partial charge in [-0.1, -0.05) is 23.8 Å². The number of nitro benzene ring substituents is 1. The molecule has 2 aromatic heterocycles. The van der Waals surface area contributed by atoms with Gasteiger partial charge < -0.3 is 29.8 Å². The number of ether oxygens (including phenoxy) is 3. The molecule has 15 heteroatoms. The van der Waals surface area contributed by atoms with Gasteiger partial charge in [0, 0.05) is 53.7 Å². The third-order valence-corrected chi connectivity index (χ3v) is 9.40. The number of hydrogen-bond acceptors (Lipinski definition) is 11. The van der Waals surface area contributed by atoms with Crippen LogP contribution < -0.4 is 5.32 Å². The lowest BCUT2D eigenvalue weighted by Crippen LogP contribution is -2.41. The Labute approximate surface area is 314 Å². The van der Waals surface area contributed by atoms with Crippen LogP contribution in [0.5, 0.6) is 0 Å². The Morgan fingerprint density at radius 2 is 1.81 bits per heavy atom. The molecule has 1 aliphatic carbocycles. The van der Waals surface area contributed by atoms with Gasteiger partial charge in [-0.3, -0.25) is 10.1 Å². The van der Waals surface area contributed by atoms with Crippen LogP contribution in [0.15, 0.2) is 42.6 Å². The second-order valence-corrected chi connectivity index (χ2v) is 16.2. The Kier molecular flexibility index (Phi) is 11.1. The lowest BCUT2D eigenvalue weighted by Gasteiger charge is -2.33. The molecule has 3 heterocycles. The molecule has 1 saturated heterocycles. The van der Waals surface area contributed by atoms with Crippen molar-refractivity contribution >= 4 is 40.7 Å². The fourth-order valence-electron chi connectivity index (χ4n) is 6.70. The zero-order chi connectivity index (χ0) is 38.8. The van der Waals surface area contributed by atoms with E-state index in [2.05, 4.69) is 15.6 Å². The van der Waals surface area contributed by atoms with Crippen molar-refractivity contribution in [1.82, 2.24) is 24.5 Å². The summed E-state index contributed by atoms with van der Waals surface area (Å²) in [6.07, 6.45) is 7.39. The van der Waals surface area contributed by atoms with E-state index >= 15 is 0 Å². The van der Waals surface area contributed by atoms with Gasteiger partial charge in [0.25, 0.3) is 5.69 Å². The molecule has 0 bridgehead atoms. The van der Waals surface area contributed by atoms with E-state index in [0.29, 0.717) is 52.8 Å². The van der Waals surface area contributed by atoms with Gasteiger partial charge in [-0.2, -0.15) is 0 Å². The van der Waals surface area contributed by atoms with Crippen molar-refractivity contribution in [2.45, 2.75) is 111 Å². The quantitative estimate of drug-likeness (QED) is 0.0866. The molecule has 54 heavy (non-hydrogen) atoms. The third-order valence-electron chi connectivity index (χ3n) is 9.40. The maximum Gasteiger partial charge on any atom is 0.419 e. The first-order chi connectivity index (χ1) is 25.6. The molecule has 2 aromatic carbocycles. The number of amides is 1. The van der Waals surface area contributed by atoms with E-state index in [-0.39, 0.29) is 25.0 Å². The number of aromatic nitrogens is 4. The first-order valence-electron chi connectivity index (χ1n) is 18.5. The molecule has 4 aromatic rings. The number of anilines is 1. The van der Waals surface area contributed by atoms with Crippen LogP contribution in [0.1, 0.15) is 96.9 Å². The number of nitrogens with one attached hydrogen (secondary N) is 2. The summed E-state index contributed by atoms with van der Waals surface area (Å²) in [7, 11) is 0. The smallest absolute Gasteiger partial charge is 0.419 e. The van der Waals surface area contributed by atoms with Gasteiger partial charge in [-0.25, -0.2) is 18.8 Å². The summed E-state index contributed by atoms with van der Waals surface area (Å²) >= 11 is 0. The van der Waals surface area contributed by atoms with E-state index in [1.54, 1.807) is 15.8 Å². The molecule has 288 valence electrons. The predicted molar refractivity (Wildman–Crippen MR) is 204 cm³/mol. The minimum Gasteiger partial charge on any atom is -0.444 e. The number of carbonyl (C=O) groups excluding carboxylic acids is 2. The normalized spacial score (nSPS) is 16.4. The summed E-state index contributed by atoms with van der Waals surface area (Å²) in [6, 6.07) is 10.4. The van der Waals surface area contributed by atoms with Gasteiger partial charge >= 0.3 is 12.2 Å². The molecule has 2 N–H and O–H groups in total. The van der Waals surface area contributed by atoms with Crippen molar-refractivity contribution in [1.29, 1.82) is 5.41 Å². The maximum atomic E-state index is 13.8. The Morgan fingerprint density at radius 1 is 1.06 bits per heavy atom. The summed E-state index contributed by atoms with van der Waals surface area (Å²) in [5, 5.41) is 32.8. The monoisotopic (exact) mass is 742 g/mol. The summed E-state index contributed by atoms with van der Waals surface area (Å²) in [5.41, 5.74) is 2.01. The van der Waals surface area contributed by atoms with Gasteiger partial charge in [-0.15, -0.1) is 5.10 Å². The number of non-ortho nitro benzene ring substituents is 1. The number of nitrogens with zero attached hydrogens (tertiary/aromatic N) is 6. The molecule has 2 aliphatic rings. The Bertz CT molecular complexity index is 2030. The van der Waals surface area contributed by atoms with E-state index in [4.69, 9.17) is 19.6 Å². The van der Waals surface area contributed by atoms with E-state index in [1.165, 1.54) is 16.7 Å². The lowest BCUT2D eigenvalue weighted by atomic mass is 9.85. The van der Waals surface area contributed by atoms with Gasteiger partial charge in [0.05, 0.1) is 35.4 Å². The molecule has 1 atom stereocenters. The minimum absolute atomic E-state index is 0.148. The van der Waals surface area contributed by atoms with Crippen LogP contribution in [-0.4, -0.2) is 78.4 Å². The van der Waals surface area contributed by atoms with Crippen LogP contribution in [0.4, 0.5) is 21.0 Å². The van der Waals surface area contributed by atoms with Crippen molar-refractivity contribution in [2.75, 3.05) is 18.5 Å². The summed E-state index contributed by atoms with van der Waals surface area (Å²) in [6.45, 7) is 12.5. The Hall–Kier alpha value is -5.31. The van der Waals surface area contributed by atoms with E-state index < -0.39 is 28.3 Å². The van der Waals surface area contributed by atoms with Crippen LogP contribution in [-0.2, 0) is 27.3 Å². The second-order valence-electron chi connectivity index (χ2n) is 16.2. The zero-order valence-corrected chi connectivity index (χ0v) is 31.9.